The van der Waals surface area contributed by atoms with Crippen LogP contribution < -0.4 is 9.80 Å². The summed E-state index contributed by atoms with van der Waals surface area (Å²) in [7, 11) is 1.98. The minimum absolute atomic E-state index is 0.126. The summed E-state index contributed by atoms with van der Waals surface area (Å²) in [5.74, 6) is 0.411. The topological polar surface area (TPSA) is 52.6 Å². The van der Waals surface area contributed by atoms with Crippen LogP contribution in [0.15, 0.2) is 36.4 Å². The number of unbranched alkanes of at least 4 members (excludes halogenated alkanes) is 1. The number of piperazine rings is 1. The molecule has 1 aromatic heterocycles. The molecule has 7 heteroatoms. The number of para-hydroxylation sites is 1. The molecule has 1 fully saturated rings. The Morgan fingerprint density at radius 3 is 2.48 bits per heavy atom. The zero-order valence-corrected chi connectivity index (χ0v) is 15.9. The quantitative estimate of drug-likeness (QED) is 0.782. The number of carbonyl (C=O) groups excluding carboxylic acids is 1. The first-order valence-corrected chi connectivity index (χ1v) is 9.43. The van der Waals surface area contributed by atoms with Crippen LogP contribution in [0.2, 0.25) is 0 Å². The lowest BCUT2D eigenvalue weighted by Crippen LogP contribution is -2.49. The maximum Gasteiger partial charge on any atom is 0.274 e. The summed E-state index contributed by atoms with van der Waals surface area (Å²) < 4.78 is 13.9. The molecule has 144 valence electrons. The Kier molecular flexibility index (Phi) is 6.21. The standard InChI is InChI=1S/C20H26FN5O/c1-3-4-11-24(2)19-10-9-17(22-23-19)20(27)26-14-12-25(13-15-26)18-8-6-5-7-16(18)21/h5-10H,3-4,11-15H2,1-2H3. The van der Waals surface area contributed by atoms with Crippen molar-refractivity contribution in [3.05, 3.63) is 47.9 Å². The second kappa shape index (κ2) is 8.79. The Hall–Kier alpha value is -2.70. The lowest BCUT2D eigenvalue weighted by molar-refractivity contribution is 0.0739. The Bertz CT molecular complexity index is 759. The Morgan fingerprint density at radius 1 is 1.11 bits per heavy atom. The molecule has 0 unspecified atom stereocenters. The van der Waals surface area contributed by atoms with E-state index in [9.17, 15) is 9.18 Å². The summed E-state index contributed by atoms with van der Waals surface area (Å²) in [4.78, 5) is 18.4. The van der Waals surface area contributed by atoms with Crippen LogP contribution >= 0.6 is 0 Å². The van der Waals surface area contributed by atoms with Crippen molar-refractivity contribution in [2.45, 2.75) is 19.8 Å². The van der Waals surface area contributed by atoms with Gasteiger partial charge in [-0.2, -0.15) is 0 Å². The predicted molar refractivity (Wildman–Crippen MR) is 105 cm³/mol. The van der Waals surface area contributed by atoms with E-state index in [4.69, 9.17) is 0 Å². The van der Waals surface area contributed by atoms with Gasteiger partial charge >= 0.3 is 0 Å². The molecule has 0 radical (unpaired) electrons. The van der Waals surface area contributed by atoms with E-state index in [-0.39, 0.29) is 11.7 Å². The van der Waals surface area contributed by atoms with E-state index < -0.39 is 0 Å². The molecule has 0 bridgehead atoms. The van der Waals surface area contributed by atoms with Crippen molar-refractivity contribution in [2.75, 3.05) is 49.6 Å². The van der Waals surface area contributed by atoms with E-state index in [1.54, 1.807) is 23.1 Å². The van der Waals surface area contributed by atoms with Gasteiger partial charge in [0, 0.05) is 39.8 Å². The van der Waals surface area contributed by atoms with Crippen molar-refractivity contribution >= 4 is 17.4 Å². The van der Waals surface area contributed by atoms with Gasteiger partial charge in [-0.25, -0.2) is 4.39 Å². The molecule has 1 aliphatic heterocycles. The number of hydrogen-bond acceptors (Lipinski definition) is 5. The Morgan fingerprint density at radius 2 is 1.85 bits per heavy atom. The molecule has 0 atom stereocenters. The minimum atomic E-state index is -0.231. The van der Waals surface area contributed by atoms with E-state index in [0.717, 1.165) is 25.2 Å². The zero-order chi connectivity index (χ0) is 19.2. The van der Waals surface area contributed by atoms with Gasteiger partial charge in [-0.15, -0.1) is 10.2 Å². The van der Waals surface area contributed by atoms with Gasteiger partial charge in [0.25, 0.3) is 5.91 Å². The maximum absolute atomic E-state index is 13.9. The molecule has 1 saturated heterocycles. The van der Waals surface area contributed by atoms with Crippen LogP contribution in [0.3, 0.4) is 0 Å². The molecule has 0 aliphatic carbocycles. The van der Waals surface area contributed by atoms with Crippen LogP contribution in [0.1, 0.15) is 30.3 Å². The van der Waals surface area contributed by atoms with Gasteiger partial charge < -0.3 is 14.7 Å². The molecule has 27 heavy (non-hydrogen) atoms. The van der Waals surface area contributed by atoms with E-state index in [1.165, 1.54) is 6.07 Å². The summed E-state index contributed by atoms with van der Waals surface area (Å²) >= 11 is 0. The average molecular weight is 371 g/mol. The molecule has 6 nitrogen and oxygen atoms in total. The van der Waals surface area contributed by atoms with E-state index >= 15 is 0 Å². The third kappa shape index (κ3) is 4.53. The molecule has 0 saturated carbocycles. The van der Waals surface area contributed by atoms with Crippen molar-refractivity contribution in [1.82, 2.24) is 15.1 Å². The summed E-state index contributed by atoms with van der Waals surface area (Å²) in [5, 5.41) is 8.31. The van der Waals surface area contributed by atoms with Gasteiger partial charge in [-0.05, 0) is 30.7 Å². The van der Waals surface area contributed by atoms with E-state index in [1.807, 2.05) is 29.0 Å². The lowest BCUT2D eigenvalue weighted by Gasteiger charge is -2.36. The van der Waals surface area contributed by atoms with E-state index in [2.05, 4.69) is 17.1 Å². The molecule has 0 spiro atoms. The monoisotopic (exact) mass is 371 g/mol. The van der Waals surface area contributed by atoms with Crippen LogP contribution in [0.5, 0.6) is 0 Å². The number of anilines is 2. The number of amides is 1. The molecule has 1 amide bonds. The second-order valence-electron chi connectivity index (χ2n) is 6.78. The maximum atomic E-state index is 13.9. The number of halogens is 1. The first kappa shape index (κ1) is 19.1. The molecular formula is C20H26FN5O. The summed E-state index contributed by atoms with van der Waals surface area (Å²) in [6, 6.07) is 10.3. The van der Waals surface area contributed by atoms with Crippen LogP contribution in [0, 0.1) is 5.82 Å². The molecule has 1 aliphatic rings. The third-order valence-corrected chi connectivity index (χ3v) is 4.87. The van der Waals surface area contributed by atoms with Crippen molar-refractivity contribution in [3.63, 3.8) is 0 Å². The van der Waals surface area contributed by atoms with Gasteiger partial charge in [-0.3, -0.25) is 4.79 Å². The van der Waals surface area contributed by atoms with E-state index in [0.29, 0.717) is 37.6 Å². The fourth-order valence-corrected chi connectivity index (χ4v) is 3.17. The SMILES string of the molecule is CCCCN(C)c1ccc(C(=O)N2CCN(c3ccccc3F)CC2)nn1. The molecule has 2 aromatic rings. The number of rotatable bonds is 6. The third-order valence-electron chi connectivity index (χ3n) is 4.87. The van der Waals surface area contributed by atoms with Crippen LogP contribution in [0.4, 0.5) is 15.9 Å². The van der Waals surface area contributed by atoms with Crippen LogP contribution in [-0.4, -0.2) is 60.8 Å². The normalized spacial score (nSPS) is 14.3. The summed E-state index contributed by atoms with van der Waals surface area (Å²) in [6.07, 6.45) is 2.21. The number of hydrogen-bond donors (Lipinski definition) is 0. The molecule has 1 aromatic carbocycles. The predicted octanol–water partition coefficient (Wildman–Crippen LogP) is 2.81. The first-order chi connectivity index (χ1) is 13.1. The highest BCUT2D eigenvalue weighted by Crippen LogP contribution is 2.20. The Labute approximate surface area is 159 Å². The number of benzene rings is 1. The highest BCUT2D eigenvalue weighted by atomic mass is 19.1. The van der Waals surface area contributed by atoms with Gasteiger partial charge in [0.1, 0.15) is 5.82 Å². The van der Waals surface area contributed by atoms with Gasteiger partial charge in [0.05, 0.1) is 5.69 Å². The summed E-state index contributed by atoms with van der Waals surface area (Å²) in [5.41, 5.74) is 0.936. The van der Waals surface area contributed by atoms with Crippen molar-refractivity contribution in [2.24, 2.45) is 0 Å². The molecule has 3 rings (SSSR count). The van der Waals surface area contributed by atoms with Crippen LogP contribution in [-0.2, 0) is 0 Å². The fraction of sp³-hybridized carbons (Fsp3) is 0.450. The highest BCUT2D eigenvalue weighted by Gasteiger charge is 2.24. The van der Waals surface area contributed by atoms with Crippen LogP contribution in [0.25, 0.3) is 0 Å². The largest absolute Gasteiger partial charge is 0.366 e. The fourth-order valence-electron chi connectivity index (χ4n) is 3.17. The zero-order valence-electron chi connectivity index (χ0n) is 15.9. The first-order valence-electron chi connectivity index (χ1n) is 9.43. The van der Waals surface area contributed by atoms with Gasteiger partial charge in [0.2, 0.25) is 0 Å². The molecule has 0 N–H and O–H groups in total. The lowest BCUT2D eigenvalue weighted by atomic mass is 10.2. The second-order valence-corrected chi connectivity index (χ2v) is 6.78. The van der Waals surface area contributed by atoms with Crippen molar-refractivity contribution < 1.29 is 9.18 Å². The highest BCUT2D eigenvalue weighted by molar-refractivity contribution is 5.92. The average Bonchev–Trinajstić information content (AvgIpc) is 2.72. The van der Waals surface area contributed by atoms with Crippen molar-refractivity contribution in [1.29, 1.82) is 0 Å². The minimum Gasteiger partial charge on any atom is -0.366 e. The number of aromatic nitrogens is 2. The van der Waals surface area contributed by atoms with Gasteiger partial charge in [0.15, 0.2) is 11.5 Å². The van der Waals surface area contributed by atoms with Gasteiger partial charge in [-0.1, -0.05) is 25.5 Å². The Balaban J connectivity index is 1.58. The molecular weight excluding hydrogens is 345 g/mol. The summed E-state index contributed by atoms with van der Waals surface area (Å²) in [6.45, 7) is 5.32. The number of nitrogens with zero attached hydrogens (tertiary/aromatic N) is 5. The number of carbonyl (C=O) groups is 1. The smallest absolute Gasteiger partial charge is 0.274 e. The molecule has 2 heterocycles. The van der Waals surface area contributed by atoms with Crippen molar-refractivity contribution in [3.8, 4) is 0 Å².